The van der Waals surface area contributed by atoms with E-state index in [-0.39, 0.29) is 23.5 Å². The Morgan fingerprint density at radius 3 is 2.52 bits per heavy atom. The first kappa shape index (κ1) is 21.9. The molecule has 6 heteroatoms. The average molecular weight is 405 g/mol. The van der Waals surface area contributed by atoms with Gasteiger partial charge in [-0.1, -0.05) is 39.7 Å². The first-order valence-electron chi connectivity index (χ1n) is 10.9. The molecule has 1 aromatic rings. The summed E-state index contributed by atoms with van der Waals surface area (Å²) in [4.78, 5) is 15.2. The topological polar surface area (TPSA) is 71.0 Å². The number of ether oxygens (including phenoxy) is 2. The first-order chi connectivity index (χ1) is 13.8. The fourth-order valence-electron chi connectivity index (χ4n) is 4.49. The molecule has 0 bridgehead atoms. The Morgan fingerprint density at radius 2 is 1.86 bits per heavy atom. The standard InChI is InChI=1S/C23H36N2O4/c1-22(2,3)17-25(11-6-12-26)16-21(27)24-23(9-4-5-10-23)18-7-8-19-20(15-18)29-14-13-28-19/h7-8,15,26H,4-6,9-14,16-17H2,1-3H3,(H,24,27). The molecule has 2 aliphatic rings. The van der Waals surface area contributed by atoms with Crippen molar-refractivity contribution in [2.75, 3.05) is 39.5 Å². The molecule has 29 heavy (non-hydrogen) atoms. The van der Waals surface area contributed by atoms with Crippen LogP contribution in [0, 0.1) is 5.41 Å². The van der Waals surface area contributed by atoms with Crippen LogP contribution in [0.2, 0.25) is 0 Å². The highest BCUT2D eigenvalue weighted by Crippen LogP contribution is 2.42. The Bertz CT molecular complexity index is 693. The molecule has 1 aliphatic heterocycles. The second-order valence-corrected chi connectivity index (χ2v) is 9.54. The van der Waals surface area contributed by atoms with Gasteiger partial charge < -0.3 is 19.9 Å². The first-order valence-corrected chi connectivity index (χ1v) is 10.9. The van der Waals surface area contributed by atoms with Crippen molar-refractivity contribution in [3.63, 3.8) is 0 Å². The van der Waals surface area contributed by atoms with Gasteiger partial charge in [-0.15, -0.1) is 0 Å². The molecule has 0 spiro atoms. The van der Waals surface area contributed by atoms with E-state index in [1.54, 1.807) is 0 Å². The smallest absolute Gasteiger partial charge is 0.234 e. The lowest BCUT2D eigenvalue weighted by Gasteiger charge is -2.34. The van der Waals surface area contributed by atoms with E-state index in [2.05, 4.69) is 37.1 Å². The Hall–Kier alpha value is -1.79. The number of hydrogen-bond acceptors (Lipinski definition) is 5. The van der Waals surface area contributed by atoms with Crippen LogP contribution >= 0.6 is 0 Å². The molecule has 1 heterocycles. The van der Waals surface area contributed by atoms with Gasteiger partial charge >= 0.3 is 0 Å². The van der Waals surface area contributed by atoms with E-state index in [1.165, 1.54) is 0 Å². The number of aliphatic hydroxyl groups excluding tert-OH is 1. The maximum Gasteiger partial charge on any atom is 0.234 e. The molecule has 0 atom stereocenters. The lowest BCUT2D eigenvalue weighted by atomic mass is 9.87. The Morgan fingerprint density at radius 1 is 1.17 bits per heavy atom. The molecule has 1 aliphatic carbocycles. The fraction of sp³-hybridized carbons (Fsp3) is 0.696. The maximum absolute atomic E-state index is 13.1. The van der Waals surface area contributed by atoms with Crippen LogP contribution in [0.4, 0.5) is 0 Å². The molecule has 1 aromatic carbocycles. The van der Waals surface area contributed by atoms with Gasteiger partial charge in [0.1, 0.15) is 13.2 Å². The Labute approximate surface area is 174 Å². The highest BCUT2D eigenvalue weighted by molar-refractivity contribution is 5.79. The molecule has 0 aromatic heterocycles. The summed E-state index contributed by atoms with van der Waals surface area (Å²) < 4.78 is 11.4. The van der Waals surface area contributed by atoms with E-state index in [0.29, 0.717) is 26.2 Å². The number of fused-ring (bicyclic) bond motifs is 1. The number of nitrogens with zero attached hydrogens (tertiary/aromatic N) is 1. The third kappa shape index (κ3) is 5.86. The Balaban J connectivity index is 1.73. The zero-order valence-corrected chi connectivity index (χ0v) is 18.1. The van der Waals surface area contributed by atoms with E-state index in [1.807, 2.05) is 12.1 Å². The third-order valence-electron chi connectivity index (χ3n) is 5.63. The summed E-state index contributed by atoms with van der Waals surface area (Å²) >= 11 is 0. The quantitative estimate of drug-likeness (QED) is 0.697. The van der Waals surface area contributed by atoms with Gasteiger partial charge in [0, 0.05) is 19.7 Å². The van der Waals surface area contributed by atoms with Gasteiger partial charge in [-0.25, -0.2) is 0 Å². The highest BCUT2D eigenvalue weighted by atomic mass is 16.6. The zero-order chi connectivity index (χ0) is 20.9. The van der Waals surface area contributed by atoms with Crippen LogP contribution in [0.25, 0.3) is 0 Å². The summed E-state index contributed by atoms with van der Waals surface area (Å²) in [5.74, 6) is 1.59. The molecular formula is C23H36N2O4. The number of hydrogen-bond donors (Lipinski definition) is 2. The summed E-state index contributed by atoms with van der Waals surface area (Å²) in [5, 5.41) is 12.6. The molecule has 6 nitrogen and oxygen atoms in total. The van der Waals surface area contributed by atoms with Crippen molar-refractivity contribution in [1.29, 1.82) is 0 Å². The van der Waals surface area contributed by atoms with Crippen LogP contribution in [0.15, 0.2) is 18.2 Å². The van der Waals surface area contributed by atoms with Gasteiger partial charge in [-0.3, -0.25) is 9.69 Å². The summed E-state index contributed by atoms with van der Waals surface area (Å²) in [6.07, 6.45) is 4.76. The number of aliphatic hydroxyl groups is 1. The van der Waals surface area contributed by atoms with Crippen LogP contribution < -0.4 is 14.8 Å². The number of benzene rings is 1. The lowest BCUT2D eigenvalue weighted by molar-refractivity contribution is -0.124. The number of nitrogens with one attached hydrogen (secondary N) is 1. The molecule has 0 unspecified atom stereocenters. The SMILES string of the molecule is CC(C)(C)CN(CCCO)CC(=O)NC1(c2ccc3c(c2)OCCO3)CCCC1. The molecule has 3 rings (SSSR count). The largest absolute Gasteiger partial charge is 0.486 e. The van der Waals surface area contributed by atoms with Gasteiger partial charge in [0.05, 0.1) is 12.1 Å². The number of carbonyl (C=O) groups excluding carboxylic acids is 1. The summed E-state index contributed by atoms with van der Waals surface area (Å²) in [7, 11) is 0. The fourth-order valence-corrected chi connectivity index (χ4v) is 4.49. The van der Waals surface area contributed by atoms with E-state index < -0.39 is 0 Å². The van der Waals surface area contributed by atoms with Crippen LogP contribution in [-0.4, -0.2) is 55.4 Å². The van der Waals surface area contributed by atoms with Gasteiger partial charge in [-0.2, -0.15) is 0 Å². The van der Waals surface area contributed by atoms with Crippen LogP contribution in [0.1, 0.15) is 58.4 Å². The molecular weight excluding hydrogens is 368 g/mol. The van der Waals surface area contributed by atoms with Crippen LogP contribution in [0.3, 0.4) is 0 Å². The van der Waals surface area contributed by atoms with Gasteiger partial charge in [0.25, 0.3) is 0 Å². The van der Waals surface area contributed by atoms with Crippen LogP contribution in [-0.2, 0) is 10.3 Å². The van der Waals surface area contributed by atoms with Crippen molar-refractivity contribution in [3.05, 3.63) is 23.8 Å². The number of rotatable bonds is 8. The highest BCUT2D eigenvalue weighted by Gasteiger charge is 2.38. The van der Waals surface area contributed by atoms with Gasteiger partial charge in [-0.05, 0) is 42.4 Å². The molecule has 0 saturated heterocycles. The van der Waals surface area contributed by atoms with Crippen molar-refractivity contribution in [2.45, 2.75) is 58.4 Å². The van der Waals surface area contributed by atoms with Crippen molar-refractivity contribution in [3.8, 4) is 11.5 Å². The monoisotopic (exact) mass is 404 g/mol. The average Bonchev–Trinajstić information content (AvgIpc) is 3.14. The minimum absolute atomic E-state index is 0.0454. The zero-order valence-electron chi connectivity index (χ0n) is 18.1. The summed E-state index contributed by atoms with van der Waals surface area (Å²) in [6.45, 7) is 9.68. The van der Waals surface area contributed by atoms with Crippen molar-refractivity contribution < 1.29 is 19.4 Å². The van der Waals surface area contributed by atoms with E-state index >= 15 is 0 Å². The van der Waals surface area contributed by atoms with Crippen molar-refractivity contribution in [1.82, 2.24) is 10.2 Å². The van der Waals surface area contributed by atoms with Gasteiger partial charge in [0.15, 0.2) is 11.5 Å². The van der Waals surface area contributed by atoms with E-state index in [0.717, 1.165) is 55.8 Å². The van der Waals surface area contributed by atoms with E-state index in [9.17, 15) is 9.90 Å². The maximum atomic E-state index is 13.1. The molecule has 162 valence electrons. The second kappa shape index (κ2) is 9.35. The molecule has 1 amide bonds. The van der Waals surface area contributed by atoms with Crippen LogP contribution in [0.5, 0.6) is 11.5 Å². The third-order valence-corrected chi connectivity index (χ3v) is 5.63. The summed E-state index contributed by atoms with van der Waals surface area (Å²) in [5.41, 5.74) is 0.860. The van der Waals surface area contributed by atoms with Gasteiger partial charge in [0.2, 0.25) is 5.91 Å². The minimum atomic E-state index is -0.336. The number of amides is 1. The second-order valence-electron chi connectivity index (χ2n) is 9.54. The summed E-state index contributed by atoms with van der Waals surface area (Å²) in [6, 6.07) is 6.07. The predicted molar refractivity (Wildman–Crippen MR) is 113 cm³/mol. The molecule has 1 fully saturated rings. The number of carbonyl (C=O) groups is 1. The van der Waals surface area contributed by atoms with Crippen molar-refractivity contribution in [2.24, 2.45) is 5.41 Å². The lowest BCUT2D eigenvalue weighted by Crippen LogP contribution is -2.49. The van der Waals surface area contributed by atoms with E-state index in [4.69, 9.17) is 9.47 Å². The minimum Gasteiger partial charge on any atom is -0.486 e. The molecule has 2 N–H and O–H groups in total. The molecule has 0 radical (unpaired) electrons. The molecule has 1 saturated carbocycles. The Kier molecular flexibility index (Phi) is 7.06. The predicted octanol–water partition coefficient (Wildman–Crippen LogP) is 3.07. The van der Waals surface area contributed by atoms with Crippen molar-refractivity contribution >= 4 is 5.91 Å². The normalized spacial score (nSPS) is 18.1.